The summed E-state index contributed by atoms with van der Waals surface area (Å²) >= 11 is 4.29. The Bertz CT molecular complexity index is 193. The van der Waals surface area contributed by atoms with Crippen molar-refractivity contribution in [3.63, 3.8) is 0 Å². The first kappa shape index (κ1) is 18.7. The highest BCUT2D eigenvalue weighted by Crippen LogP contribution is 2.23. The van der Waals surface area contributed by atoms with Gasteiger partial charge in [-0.05, 0) is 13.0 Å². The van der Waals surface area contributed by atoms with Crippen LogP contribution in [0.15, 0.2) is 0 Å². The molecule has 0 amide bonds. The van der Waals surface area contributed by atoms with Crippen molar-refractivity contribution in [3.8, 4) is 0 Å². The number of rotatable bonds is 13. The zero-order chi connectivity index (χ0) is 14.3. The maximum absolute atomic E-state index is 3.65. The van der Waals surface area contributed by atoms with Crippen LogP contribution in [0.2, 0.25) is 0 Å². The van der Waals surface area contributed by atoms with Crippen LogP contribution in [-0.2, 0) is 0 Å². The van der Waals surface area contributed by atoms with Crippen molar-refractivity contribution in [3.05, 3.63) is 0 Å². The summed E-state index contributed by atoms with van der Waals surface area (Å²) in [6, 6.07) is 0. The zero-order valence-corrected chi connectivity index (χ0v) is 15.1. The molecule has 0 radical (unpaired) electrons. The summed E-state index contributed by atoms with van der Waals surface area (Å²) < 4.78 is 0. The summed E-state index contributed by atoms with van der Waals surface area (Å²) in [5, 5.41) is 4.52. The minimum Gasteiger partial charge on any atom is -0.316 e. The van der Waals surface area contributed by atoms with Crippen LogP contribution < -0.4 is 5.32 Å². The van der Waals surface area contributed by atoms with Crippen molar-refractivity contribution < 1.29 is 0 Å². The highest BCUT2D eigenvalue weighted by molar-refractivity contribution is 8.06. The lowest BCUT2D eigenvalue weighted by atomic mass is 10.1. The van der Waals surface area contributed by atoms with Crippen LogP contribution in [0.25, 0.3) is 0 Å². The Kier molecular flexibility index (Phi) is 13.6. The summed E-state index contributed by atoms with van der Waals surface area (Å²) in [6.07, 6.45) is 14.4. The van der Waals surface area contributed by atoms with Gasteiger partial charge in [-0.3, -0.25) is 0 Å². The van der Waals surface area contributed by atoms with E-state index in [-0.39, 0.29) is 0 Å². The Morgan fingerprint density at radius 1 is 0.850 bits per heavy atom. The molecule has 3 heteroatoms. The van der Waals surface area contributed by atoms with E-state index >= 15 is 0 Å². The van der Waals surface area contributed by atoms with Crippen LogP contribution in [-0.4, -0.2) is 35.6 Å². The van der Waals surface area contributed by atoms with Gasteiger partial charge in [-0.2, -0.15) is 23.5 Å². The lowest BCUT2D eigenvalue weighted by molar-refractivity contribution is 0.544. The van der Waals surface area contributed by atoms with Crippen LogP contribution in [0.4, 0.5) is 0 Å². The monoisotopic (exact) mass is 317 g/mol. The molecule has 0 aromatic heterocycles. The molecule has 120 valence electrons. The molecule has 0 bridgehead atoms. The molecule has 0 saturated carbocycles. The van der Waals surface area contributed by atoms with Gasteiger partial charge in [0.1, 0.15) is 0 Å². The molecule has 0 aromatic carbocycles. The fourth-order valence-electron chi connectivity index (χ4n) is 2.65. The standard InChI is InChI=1S/C17H35NS2/c1-2-3-4-5-6-7-8-9-10-11-12-18-15-17-16-19-13-14-20-17/h17-18H,2-16H2,1H3. The van der Waals surface area contributed by atoms with Crippen LogP contribution in [0.1, 0.15) is 71.1 Å². The van der Waals surface area contributed by atoms with Gasteiger partial charge in [-0.15, -0.1) is 0 Å². The van der Waals surface area contributed by atoms with Gasteiger partial charge in [0.2, 0.25) is 0 Å². The van der Waals surface area contributed by atoms with E-state index in [4.69, 9.17) is 0 Å². The summed E-state index contributed by atoms with van der Waals surface area (Å²) in [6.45, 7) is 4.76. The van der Waals surface area contributed by atoms with Gasteiger partial charge < -0.3 is 5.32 Å². The zero-order valence-electron chi connectivity index (χ0n) is 13.5. The molecule has 1 nitrogen and oxygen atoms in total. The fourth-order valence-corrected chi connectivity index (χ4v) is 5.30. The smallest absolute Gasteiger partial charge is 0.0263 e. The molecule has 1 aliphatic rings. The van der Waals surface area contributed by atoms with Gasteiger partial charge >= 0.3 is 0 Å². The van der Waals surface area contributed by atoms with E-state index in [0.717, 1.165) is 5.25 Å². The van der Waals surface area contributed by atoms with Gasteiger partial charge in [0, 0.05) is 29.1 Å². The van der Waals surface area contributed by atoms with Gasteiger partial charge in [-0.25, -0.2) is 0 Å². The minimum absolute atomic E-state index is 0.872. The fraction of sp³-hybridized carbons (Fsp3) is 1.00. The van der Waals surface area contributed by atoms with E-state index in [0.29, 0.717) is 0 Å². The molecular formula is C17H35NS2. The molecule has 1 aliphatic heterocycles. The summed E-state index contributed by atoms with van der Waals surface area (Å²) in [7, 11) is 0. The molecular weight excluding hydrogens is 282 g/mol. The molecule has 1 atom stereocenters. The Hall–Kier alpha value is 0.660. The highest BCUT2D eigenvalue weighted by Gasteiger charge is 2.12. The molecule has 0 spiro atoms. The van der Waals surface area contributed by atoms with Crippen molar-refractivity contribution in [1.82, 2.24) is 5.32 Å². The molecule has 1 heterocycles. The number of nitrogens with one attached hydrogen (secondary N) is 1. The molecule has 0 aromatic rings. The van der Waals surface area contributed by atoms with E-state index in [1.165, 1.54) is 94.6 Å². The second-order valence-corrected chi connectivity index (χ2v) is 8.51. The molecule has 20 heavy (non-hydrogen) atoms. The predicted octanol–water partition coefficient (Wildman–Crippen LogP) is 5.35. The predicted molar refractivity (Wildman–Crippen MR) is 98.3 cm³/mol. The van der Waals surface area contributed by atoms with Crippen LogP contribution in [0.5, 0.6) is 0 Å². The third-order valence-electron chi connectivity index (χ3n) is 3.96. The molecule has 0 aliphatic carbocycles. The average Bonchev–Trinajstić information content (AvgIpc) is 2.49. The number of hydrogen-bond donors (Lipinski definition) is 1. The SMILES string of the molecule is CCCCCCCCCCCCNCC1CSCCS1. The van der Waals surface area contributed by atoms with Gasteiger partial charge in [0.15, 0.2) is 0 Å². The van der Waals surface area contributed by atoms with Crippen LogP contribution >= 0.6 is 23.5 Å². The van der Waals surface area contributed by atoms with Crippen LogP contribution in [0, 0.1) is 0 Å². The van der Waals surface area contributed by atoms with E-state index in [1.807, 2.05) is 0 Å². The maximum atomic E-state index is 3.65. The Morgan fingerprint density at radius 3 is 2.10 bits per heavy atom. The summed E-state index contributed by atoms with van der Waals surface area (Å²) in [4.78, 5) is 0. The van der Waals surface area contributed by atoms with Crippen LogP contribution in [0.3, 0.4) is 0 Å². The first-order chi connectivity index (χ1) is 9.93. The van der Waals surface area contributed by atoms with Crippen molar-refractivity contribution >= 4 is 23.5 Å². The van der Waals surface area contributed by atoms with Crippen molar-refractivity contribution in [2.45, 2.75) is 76.4 Å². The van der Waals surface area contributed by atoms with E-state index in [1.54, 1.807) is 0 Å². The lowest BCUT2D eigenvalue weighted by Gasteiger charge is -2.21. The number of hydrogen-bond acceptors (Lipinski definition) is 3. The highest BCUT2D eigenvalue weighted by atomic mass is 32.2. The minimum atomic E-state index is 0.872. The van der Waals surface area contributed by atoms with Crippen molar-refractivity contribution in [2.24, 2.45) is 0 Å². The number of unbranched alkanes of at least 4 members (excludes halogenated alkanes) is 9. The Labute approximate surface area is 135 Å². The first-order valence-corrected chi connectivity index (χ1v) is 11.0. The van der Waals surface area contributed by atoms with Gasteiger partial charge in [-0.1, -0.05) is 64.7 Å². The molecule has 1 unspecified atom stereocenters. The normalized spacial score (nSPS) is 19.4. The topological polar surface area (TPSA) is 12.0 Å². The number of thioether (sulfide) groups is 2. The summed E-state index contributed by atoms with van der Waals surface area (Å²) in [5.41, 5.74) is 0. The van der Waals surface area contributed by atoms with Crippen molar-refractivity contribution in [2.75, 3.05) is 30.3 Å². The van der Waals surface area contributed by atoms with Crippen molar-refractivity contribution in [1.29, 1.82) is 0 Å². The second kappa shape index (κ2) is 14.6. The quantitative estimate of drug-likeness (QED) is 0.460. The third kappa shape index (κ3) is 11.3. The lowest BCUT2D eigenvalue weighted by Crippen LogP contribution is -2.29. The van der Waals surface area contributed by atoms with E-state index < -0.39 is 0 Å². The molecule has 1 saturated heterocycles. The largest absolute Gasteiger partial charge is 0.316 e. The van der Waals surface area contributed by atoms with E-state index in [9.17, 15) is 0 Å². The first-order valence-electron chi connectivity index (χ1n) is 8.83. The van der Waals surface area contributed by atoms with Gasteiger partial charge in [0.25, 0.3) is 0 Å². The Morgan fingerprint density at radius 2 is 1.50 bits per heavy atom. The van der Waals surface area contributed by atoms with Gasteiger partial charge in [0.05, 0.1) is 0 Å². The molecule has 1 N–H and O–H groups in total. The molecule has 1 rings (SSSR count). The van der Waals surface area contributed by atoms with E-state index in [2.05, 4.69) is 35.8 Å². The second-order valence-electron chi connectivity index (χ2n) is 5.95. The average molecular weight is 318 g/mol. The maximum Gasteiger partial charge on any atom is 0.0263 e. The third-order valence-corrected chi connectivity index (χ3v) is 6.81. The Balaban J connectivity index is 1.70. The summed E-state index contributed by atoms with van der Waals surface area (Å²) in [5.74, 6) is 4.07. The molecule has 1 fully saturated rings.